The van der Waals surface area contributed by atoms with Gasteiger partial charge in [-0.1, -0.05) is 0 Å². The van der Waals surface area contributed by atoms with Crippen molar-refractivity contribution < 1.29 is 4.79 Å². The molecule has 1 aliphatic rings. The zero-order valence-corrected chi connectivity index (χ0v) is 9.36. The van der Waals surface area contributed by atoms with Gasteiger partial charge in [-0.05, 0) is 14.1 Å². The van der Waals surface area contributed by atoms with Crippen LogP contribution < -0.4 is 5.73 Å². The van der Waals surface area contributed by atoms with Crippen molar-refractivity contribution in [2.24, 2.45) is 5.73 Å². The summed E-state index contributed by atoms with van der Waals surface area (Å²) in [6.07, 6.45) is 0. The maximum Gasteiger partial charge on any atom is 0.236 e. The first-order chi connectivity index (χ1) is 7.00. The molecule has 1 amide bonds. The second-order valence-electron chi connectivity index (χ2n) is 3.99. The molecule has 0 aromatic carbocycles. The molecular weight excluding hydrogens is 194 g/mol. The highest BCUT2D eigenvalue weighted by molar-refractivity contribution is 5.79. The second kappa shape index (κ2) is 4.97. The van der Waals surface area contributed by atoms with Crippen molar-refractivity contribution >= 4 is 11.9 Å². The van der Waals surface area contributed by atoms with Gasteiger partial charge in [-0.15, -0.1) is 0 Å². The molecule has 0 aromatic rings. The molecule has 15 heavy (non-hydrogen) atoms. The van der Waals surface area contributed by atoms with Crippen LogP contribution in [0.2, 0.25) is 0 Å². The lowest BCUT2D eigenvalue weighted by atomic mass is 10.3. The molecule has 0 spiro atoms. The number of carbonyl (C=O) groups excluding carboxylic acids is 1. The van der Waals surface area contributed by atoms with Crippen molar-refractivity contribution in [1.82, 2.24) is 14.7 Å². The summed E-state index contributed by atoms with van der Waals surface area (Å²) in [5.74, 6) is 0.234. The molecule has 6 nitrogen and oxygen atoms in total. The topological polar surface area (TPSA) is 76.7 Å². The third kappa shape index (κ3) is 3.39. The van der Waals surface area contributed by atoms with Gasteiger partial charge in [0.15, 0.2) is 5.96 Å². The number of hydrogen-bond acceptors (Lipinski definition) is 3. The number of guanidine groups is 1. The molecule has 1 aliphatic heterocycles. The van der Waals surface area contributed by atoms with Gasteiger partial charge in [-0.25, -0.2) is 0 Å². The number of hydrogen-bond donors (Lipinski definition) is 2. The Labute approximate surface area is 90.1 Å². The van der Waals surface area contributed by atoms with Crippen LogP contribution in [0.3, 0.4) is 0 Å². The number of piperazine rings is 1. The summed E-state index contributed by atoms with van der Waals surface area (Å²) in [7, 11) is 3.76. The Hall–Kier alpha value is -1.30. The fourth-order valence-corrected chi connectivity index (χ4v) is 1.57. The van der Waals surface area contributed by atoms with Crippen LogP contribution >= 0.6 is 0 Å². The van der Waals surface area contributed by atoms with Crippen molar-refractivity contribution in [2.75, 3.05) is 46.8 Å². The van der Waals surface area contributed by atoms with Crippen LogP contribution in [0, 0.1) is 5.41 Å². The van der Waals surface area contributed by atoms with Crippen molar-refractivity contribution in [2.45, 2.75) is 0 Å². The first kappa shape index (κ1) is 11.8. The van der Waals surface area contributed by atoms with E-state index in [1.54, 1.807) is 4.90 Å². The van der Waals surface area contributed by atoms with Gasteiger partial charge in [0.1, 0.15) is 0 Å². The van der Waals surface area contributed by atoms with Gasteiger partial charge in [-0.2, -0.15) is 0 Å². The van der Waals surface area contributed by atoms with E-state index < -0.39 is 0 Å². The molecule has 0 aliphatic carbocycles. The molecule has 0 atom stereocenters. The van der Waals surface area contributed by atoms with Gasteiger partial charge >= 0.3 is 0 Å². The van der Waals surface area contributed by atoms with E-state index in [1.165, 1.54) is 0 Å². The summed E-state index contributed by atoms with van der Waals surface area (Å²) in [6, 6.07) is 0. The first-order valence-electron chi connectivity index (χ1n) is 5.02. The number of carbonyl (C=O) groups is 1. The maximum atomic E-state index is 11.7. The lowest BCUT2D eigenvalue weighted by Crippen LogP contribution is -2.53. The third-order valence-corrected chi connectivity index (χ3v) is 2.42. The SMILES string of the molecule is CN(C)CC(=O)N1CCN(C(=N)N)CC1. The van der Waals surface area contributed by atoms with Crippen LogP contribution in [-0.4, -0.2) is 73.4 Å². The lowest BCUT2D eigenvalue weighted by Gasteiger charge is -2.35. The minimum Gasteiger partial charge on any atom is -0.370 e. The fraction of sp³-hybridized carbons (Fsp3) is 0.778. The predicted octanol–water partition coefficient (Wildman–Crippen LogP) is -1.41. The Bertz CT molecular complexity index is 245. The largest absolute Gasteiger partial charge is 0.370 e. The molecule has 1 saturated heterocycles. The van der Waals surface area contributed by atoms with Crippen LogP contribution in [0.5, 0.6) is 0 Å². The Morgan fingerprint density at radius 1 is 1.27 bits per heavy atom. The van der Waals surface area contributed by atoms with E-state index in [1.807, 2.05) is 23.9 Å². The normalized spacial score (nSPS) is 17.0. The molecule has 0 saturated carbocycles. The Balaban J connectivity index is 2.37. The zero-order chi connectivity index (χ0) is 11.4. The highest BCUT2D eigenvalue weighted by atomic mass is 16.2. The summed E-state index contributed by atoms with van der Waals surface area (Å²) < 4.78 is 0. The summed E-state index contributed by atoms with van der Waals surface area (Å²) in [5, 5.41) is 7.27. The highest BCUT2D eigenvalue weighted by Gasteiger charge is 2.21. The minimum atomic E-state index is 0.0923. The smallest absolute Gasteiger partial charge is 0.236 e. The zero-order valence-electron chi connectivity index (χ0n) is 9.36. The molecule has 1 heterocycles. The van der Waals surface area contributed by atoms with Crippen LogP contribution in [0.25, 0.3) is 0 Å². The summed E-state index contributed by atoms with van der Waals surface area (Å²) in [4.78, 5) is 17.1. The number of nitrogens with zero attached hydrogens (tertiary/aromatic N) is 3. The Morgan fingerprint density at radius 2 is 1.73 bits per heavy atom. The summed E-state index contributed by atoms with van der Waals surface area (Å²) in [5.41, 5.74) is 5.37. The van der Waals surface area contributed by atoms with Crippen molar-refractivity contribution in [3.05, 3.63) is 0 Å². The van der Waals surface area contributed by atoms with Crippen LogP contribution in [-0.2, 0) is 4.79 Å². The number of nitrogens with two attached hydrogens (primary N) is 1. The highest BCUT2D eigenvalue weighted by Crippen LogP contribution is 2.01. The van der Waals surface area contributed by atoms with E-state index in [-0.39, 0.29) is 11.9 Å². The van der Waals surface area contributed by atoms with Crippen molar-refractivity contribution in [1.29, 1.82) is 5.41 Å². The molecule has 0 aromatic heterocycles. The number of rotatable bonds is 2. The molecular formula is C9H19N5O. The second-order valence-corrected chi connectivity index (χ2v) is 3.99. The van der Waals surface area contributed by atoms with E-state index in [4.69, 9.17) is 11.1 Å². The van der Waals surface area contributed by atoms with E-state index in [2.05, 4.69) is 0 Å². The maximum absolute atomic E-state index is 11.7. The predicted molar refractivity (Wildman–Crippen MR) is 58.6 cm³/mol. The van der Waals surface area contributed by atoms with Crippen LogP contribution in [0.4, 0.5) is 0 Å². The molecule has 3 N–H and O–H groups in total. The average molecular weight is 213 g/mol. The molecule has 86 valence electrons. The van der Waals surface area contributed by atoms with Crippen molar-refractivity contribution in [3.8, 4) is 0 Å². The molecule has 6 heteroatoms. The van der Waals surface area contributed by atoms with E-state index in [0.717, 1.165) is 0 Å². The number of likely N-dealkylation sites (N-methyl/N-ethyl adjacent to an activating group) is 1. The first-order valence-corrected chi connectivity index (χ1v) is 5.02. The standard InChI is InChI=1S/C9H19N5O/c1-12(2)7-8(15)13-3-5-14(6-4-13)9(10)11/h3-7H2,1-2H3,(H3,10,11). The summed E-state index contributed by atoms with van der Waals surface area (Å²) in [6.45, 7) is 3.08. The third-order valence-electron chi connectivity index (χ3n) is 2.42. The molecule has 1 rings (SSSR count). The fourth-order valence-electron chi connectivity index (χ4n) is 1.57. The quantitative estimate of drug-likeness (QED) is 0.436. The van der Waals surface area contributed by atoms with E-state index in [9.17, 15) is 4.79 Å². The Morgan fingerprint density at radius 3 is 2.13 bits per heavy atom. The van der Waals surface area contributed by atoms with Gasteiger partial charge < -0.3 is 20.4 Å². The molecule has 0 bridgehead atoms. The average Bonchev–Trinajstić information content (AvgIpc) is 2.17. The van der Waals surface area contributed by atoms with Crippen molar-refractivity contribution in [3.63, 3.8) is 0 Å². The van der Waals surface area contributed by atoms with Crippen LogP contribution in [0.1, 0.15) is 0 Å². The van der Waals surface area contributed by atoms with Gasteiger partial charge in [-0.3, -0.25) is 10.2 Å². The van der Waals surface area contributed by atoms with E-state index in [0.29, 0.717) is 32.7 Å². The van der Waals surface area contributed by atoms with Gasteiger partial charge in [0, 0.05) is 26.2 Å². The summed E-state index contributed by atoms with van der Waals surface area (Å²) >= 11 is 0. The van der Waals surface area contributed by atoms with Gasteiger partial charge in [0.2, 0.25) is 5.91 Å². The molecule has 0 radical (unpaired) electrons. The van der Waals surface area contributed by atoms with E-state index >= 15 is 0 Å². The Kier molecular flexibility index (Phi) is 3.90. The van der Waals surface area contributed by atoms with Crippen LogP contribution in [0.15, 0.2) is 0 Å². The lowest BCUT2D eigenvalue weighted by molar-refractivity contribution is -0.133. The minimum absolute atomic E-state index is 0.0923. The molecule has 0 unspecified atom stereocenters. The van der Waals surface area contributed by atoms with Gasteiger partial charge in [0.25, 0.3) is 0 Å². The number of amides is 1. The number of nitrogens with one attached hydrogen (secondary N) is 1. The van der Waals surface area contributed by atoms with Gasteiger partial charge in [0.05, 0.1) is 6.54 Å². The molecule has 1 fully saturated rings. The monoisotopic (exact) mass is 213 g/mol.